The van der Waals surface area contributed by atoms with Crippen LogP contribution in [0.4, 0.5) is 5.13 Å². The van der Waals surface area contributed by atoms with Crippen LogP contribution in [0, 0.1) is 0 Å². The van der Waals surface area contributed by atoms with E-state index in [0.717, 1.165) is 37.4 Å². The molecule has 148 valence electrons. The molecule has 0 radical (unpaired) electrons. The van der Waals surface area contributed by atoms with Crippen molar-refractivity contribution < 1.29 is 13.2 Å². The van der Waals surface area contributed by atoms with Gasteiger partial charge in [-0.2, -0.15) is 0 Å². The Hall–Kier alpha value is -1.97. The summed E-state index contributed by atoms with van der Waals surface area (Å²) < 4.78 is 27.0. The molecule has 0 aliphatic rings. The zero-order valence-corrected chi connectivity index (χ0v) is 17.3. The van der Waals surface area contributed by atoms with Crippen LogP contribution in [-0.4, -0.2) is 50.4 Å². The number of hydrogen-bond donors (Lipinski definition) is 2. The first-order valence-corrected chi connectivity index (χ1v) is 11.3. The molecule has 0 fully saturated rings. The third kappa shape index (κ3) is 6.93. The second-order valence-electron chi connectivity index (χ2n) is 5.97. The van der Waals surface area contributed by atoms with E-state index in [4.69, 9.17) is 0 Å². The number of thiazole rings is 1. The van der Waals surface area contributed by atoms with Crippen LogP contribution in [0.3, 0.4) is 0 Å². The summed E-state index contributed by atoms with van der Waals surface area (Å²) in [4.78, 5) is 18.7. The van der Waals surface area contributed by atoms with E-state index < -0.39 is 10.0 Å². The molecular weight excluding hydrogens is 384 g/mol. The predicted molar refractivity (Wildman–Crippen MR) is 108 cm³/mol. The van der Waals surface area contributed by atoms with Crippen LogP contribution >= 0.6 is 11.3 Å². The van der Waals surface area contributed by atoms with Gasteiger partial charge in [0.05, 0.1) is 17.0 Å². The van der Waals surface area contributed by atoms with E-state index in [0.29, 0.717) is 12.2 Å². The topological polar surface area (TPSA) is 91.4 Å². The smallest absolute Gasteiger partial charge is 0.263 e. The summed E-state index contributed by atoms with van der Waals surface area (Å²) in [5.74, 6) is -0.114. The number of nitrogens with one attached hydrogen (secondary N) is 2. The molecule has 0 aliphatic carbocycles. The van der Waals surface area contributed by atoms with Crippen LogP contribution in [0.5, 0.6) is 0 Å². The summed E-state index contributed by atoms with van der Waals surface area (Å²) in [5, 5.41) is 4.82. The molecule has 0 spiro atoms. The highest BCUT2D eigenvalue weighted by Gasteiger charge is 2.16. The number of carbonyl (C=O) groups excluding carboxylic acids is 1. The number of nitrogens with zero attached hydrogens (tertiary/aromatic N) is 2. The van der Waals surface area contributed by atoms with Crippen molar-refractivity contribution in [1.82, 2.24) is 15.2 Å². The first-order valence-electron chi connectivity index (χ1n) is 8.96. The van der Waals surface area contributed by atoms with Crippen LogP contribution in [0.15, 0.2) is 40.6 Å². The maximum atomic E-state index is 12.3. The average molecular weight is 411 g/mol. The Labute approximate surface area is 164 Å². The van der Waals surface area contributed by atoms with E-state index in [1.54, 1.807) is 23.6 Å². The van der Waals surface area contributed by atoms with Gasteiger partial charge in [0.1, 0.15) is 0 Å². The highest BCUT2D eigenvalue weighted by Crippen LogP contribution is 2.20. The number of carbonyl (C=O) groups is 1. The second-order valence-corrected chi connectivity index (χ2v) is 8.51. The maximum Gasteiger partial charge on any atom is 0.263 e. The number of anilines is 1. The van der Waals surface area contributed by atoms with E-state index in [-0.39, 0.29) is 22.4 Å². The third-order valence-electron chi connectivity index (χ3n) is 4.04. The van der Waals surface area contributed by atoms with Gasteiger partial charge in [0.2, 0.25) is 5.91 Å². The Morgan fingerprint density at radius 3 is 2.56 bits per heavy atom. The molecule has 0 unspecified atom stereocenters. The third-order valence-corrected chi connectivity index (χ3v) is 6.33. The van der Waals surface area contributed by atoms with Gasteiger partial charge in [0, 0.05) is 11.9 Å². The van der Waals surface area contributed by atoms with Crippen molar-refractivity contribution >= 4 is 32.4 Å². The molecule has 2 N–H and O–H groups in total. The zero-order valence-electron chi connectivity index (χ0n) is 15.6. The van der Waals surface area contributed by atoms with Gasteiger partial charge in [0.25, 0.3) is 10.0 Å². The lowest BCUT2D eigenvalue weighted by Crippen LogP contribution is -2.30. The maximum absolute atomic E-state index is 12.3. The van der Waals surface area contributed by atoms with E-state index in [1.165, 1.54) is 12.1 Å². The van der Waals surface area contributed by atoms with E-state index in [2.05, 4.69) is 33.8 Å². The van der Waals surface area contributed by atoms with Crippen molar-refractivity contribution in [2.45, 2.75) is 31.6 Å². The van der Waals surface area contributed by atoms with Crippen molar-refractivity contribution in [3.63, 3.8) is 0 Å². The van der Waals surface area contributed by atoms with Gasteiger partial charge in [-0.05, 0) is 38.2 Å². The molecule has 0 saturated heterocycles. The van der Waals surface area contributed by atoms with Crippen molar-refractivity contribution in [2.75, 3.05) is 30.9 Å². The molecule has 0 saturated carbocycles. The molecule has 2 aromatic rings. The van der Waals surface area contributed by atoms with Crippen molar-refractivity contribution in [2.24, 2.45) is 0 Å². The highest BCUT2D eigenvalue weighted by molar-refractivity contribution is 7.93. The minimum absolute atomic E-state index is 0.114. The quantitative estimate of drug-likeness (QED) is 0.555. The summed E-state index contributed by atoms with van der Waals surface area (Å²) in [6, 6.07) is 8.10. The van der Waals surface area contributed by atoms with Gasteiger partial charge in [-0.1, -0.05) is 32.0 Å². The molecule has 0 bridgehead atoms. The molecular formula is C18H26N4O3S2. The summed E-state index contributed by atoms with van der Waals surface area (Å²) in [7, 11) is -3.67. The van der Waals surface area contributed by atoms with Crippen LogP contribution in [-0.2, 0) is 21.2 Å². The van der Waals surface area contributed by atoms with Crippen LogP contribution in [0.1, 0.15) is 26.0 Å². The summed E-state index contributed by atoms with van der Waals surface area (Å²) in [6.07, 6.45) is 1.03. The summed E-state index contributed by atoms with van der Waals surface area (Å²) >= 11 is 1.16. The predicted octanol–water partition coefficient (Wildman–Crippen LogP) is 2.33. The SMILES string of the molecule is CCN(CC)CCCNC(=O)Cc1csc(NS(=O)(=O)c2ccccc2)n1. The zero-order chi connectivity index (χ0) is 19.7. The molecule has 9 heteroatoms. The van der Waals surface area contributed by atoms with Crippen LogP contribution < -0.4 is 10.0 Å². The fourth-order valence-corrected chi connectivity index (χ4v) is 4.49. The van der Waals surface area contributed by atoms with Gasteiger partial charge >= 0.3 is 0 Å². The van der Waals surface area contributed by atoms with Gasteiger partial charge in [-0.15, -0.1) is 11.3 Å². The first-order chi connectivity index (χ1) is 12.9. The summed E-state index contributed by atoms with van der Waals surface area (Å²) in [5.41, 5.74) is 0.548. The number of benzene rings is 1. The van der Waals surface area contributed by atoms with E-state index in [1.807, 2.05) is 0 Å². The van der Waals surface area contributed by atoms with E-state index >= 15 is 0 Å². The van der Waals surface area contributed by atoms with Crippen molar-refractivity contribution in [1.29, 1.82) is 0 Å². The lowest BCUT2D eigenvalue weighted by atomic mass is 10.3. The average Bonchev–Trinajstić information content (AvgIpc) is 3.08. The molecule has 7 nitrogen and oxygen atoms in total. The van der Waals surface area contributed by atoms with Gasteiger partial charge in [0.15, 0.2) is 5.13 Å². The lowest BCUT2D eigenvalue weighted by Gasteiger charge is -2.17. The lowest BCUT2D eigenvalue weighted by molar-refractivity contribution is -0.120. The number of sulfonamides is 1. The molecule has 2 rings (SSSR count). The van der Waals surface area contributed by atoms with Gasteiger partial charge in [-0.3, -0.25) is 9.52 Å². The minimum Gasteiger partial charge on any atom is -0.356 e. The Morgan fingerprint density at radius 1 is 1.19 bits per heavy atom. The second kappa shape index (κ2) is 10.4. The Kier molecular flexibility index (Phi) is 8.21. The fraction of sp³-hybridized carbons (Fsp3) is 0.444. The van der Waals surface area contributed by atoms with Crippen molar-refractivity contribution in [3.8, 4) is 0 Å². The highest BCUT2D eigenvalue weighted by atomic mass is 32.2. The molecule has 1 aromatic heterocycles. The van der Waals surface area contributed by atoms with E-state index in [9.17, 15) is 13.2 Å². The first kappa shape index (κ1) is 21.3. The summed E-state index contributed by atoms with van der Waals surface area (Å²) in [6.45, 7) is 7.82. The molecule has 0 aliphatic heterocycles. The van der Waals surface area contributed by atoms with Crippen LogP contribution in [0.25, 0.3) is 0 Å². The number of aromatic nitrogens is 1. The van der Waals surface area contributed by atoms with Crippen LogP contribution in [0.2, 0.25) is 0 Å². The van der Waals surface area contributed by atoms with Gasteiger partial charge in [-0.25, -0.2) is 13.4 Å². The molecule has 1 aromatic carbocycles. The molecule has 1 heterocycles. The largest absolute Gasteiger partial charge is 0.356 e. The van der Waals surface area contributed by atoms with Gasteiger partial charge < -0.3 is 10.2 Å². The molecule has 27 heavy (non-hydrogen) atoms. The Balaban J connectivity index is 1.81. The monoisotopic (exact) mass is 410 g/mol. The standard InChI is InChI=1S/C18H26N4O3S2/c1-3-22(4-2)12-8-11-19-17(23)13-15-14-26-18(20-15)21-27(24,25)16-9-6-5-7-10-16/h5-7,9-10,14H,3-4,8,11-13H2,1-2H3,(H,19,23)(H,20,21). The molecule has 1 amide bonds. The Bertz CT molecular complexity index is 818. The number of rotatable bonds is 11. The number of amides is 1. The normalized spacial score (nSPS) is 11.5. The fourth-order valence-electron chi connectivity index (χ4n) is 2.51. The Morgan fingerprint density at radius 2 is 1.89 bits per heavy atom. The van der Waals surface area contributed by atoms with Crippen molar-refractivity contribution in [3.05, 3.63) is 41.4 Å². The number of hydrogen-bond acceptors (Lipinski definition) is 6. The molecule has 0 atom stereocenters. The minimum atomic E-state index is -3.67.